The zero-order valence-electron chi connectivity index (χ0n) is 12.0. The lowest BCUT2D eigenvalue weighted by molar-refractivity contribution is -0.137. The third-order valence-corrected chi connectivity index (χ3v) is 3.42. The Morgan fingerprint density at radius 3 is 2.24 bits per heavy atom. The van der Waals surface area contributed by atoms with Crippen LogP contribution in [0.5, 0.6) is 0 Å². The summed E-state index contributed by atoms with van der Waals surface area (Å²) in [6.45, 7) is 4.90. The zero-order chi connectivity index (χ0) is 15.5. The fourth-order valence-corrected chi connectivity index (χ4v) is 2.29. The quantitative estimate of drug-likeness (QED) is 0.832. The van der Waals surface area contributed by atoms with Gasteiger partial charge >= 0.3 is 6.18 Å². The molecular weight excluding hydrogens is 275 g/mol. The van der Waals surface area contributed by atoms with Crippen LogP contribution in [0.1, 0.15) is 31.0 Å². The van der Waals surface area contributed by atoms with Gasteiger partial charge in [0.05, 0.1) is 5.56 Å². The lowest BCUT2D eigenvalue weighted by Crippen LogP contribution is -2.17. The second kappa shape index (κ2) is 6.31. The van der Waals surface area contributed by atoms with Gasteiger partial charge in [0.25, 0.3) is 0 Å². The van der Waals surface area contributed by atoms with E-state index in [0.717, 1.165) is 23.7 Å². The number of hydrogen-bond acceptors (Lipinski definition) is 1. The van der Waals surface area contributed by atoms with E-state index in [0.29, 0.717) is 5.56 Å². The Bertz CT molecular complexity index is 605. The summed E-state index contributed by atoms with van der Waals surface area (Å²) in [7, 11) is 0. The highest BCUT2D eigenvalue weighted by Gasteiger charge is 2.30. The smallest absolute Gasteiger partial charge is 0.310 e. The molecule has 1 N–H and O–H groups in total. The average Bonchev–Trinajstić information content (AvgIpc) is 2.47. The number of benzene rings is 2. The first-order valence-electron chi connectivity index (χ1n) is 6.93. The number of halogens is 3. The van der Waals surface area contributed by atoms with Gasteiger partial charge in [-0.2, -0.15) is 13.2 Å². The van der Waals surface area contributed by atoms with Gasteiger partial charge in [-0.1, -0.05) is 37.3 Å². The van der Waals surface area contributed by atoms with Gasteiger partial charge in [0.1, 0.15) is 0 Å². The summed E-state index contributed by atoms with van der Waals surface area (Å²) < 4.78 is 38.3. The minimum absolute atomic E-state index is 0.167. The lowest BCUT2D eigenvalue weighted by Gasteiger charge is -2.14. The second-order valence-corrected chi connectivity index (χ2v) is 4.98. The normalized spacial score (nSPS) is 13.2. The van der Waals surface area contributed by atoms with Crippen molar-refractivity contribution in [2.45, 2.75) is 26.1 Å². The molecule has 112 valence electrons. The summed E-state index contributed by atoms with van der Waals surface area (Å²) in [5.74, 6) is 0. The molecule has 0 radical (unpaired) electrons. The Morgan fingerprint density at radius 1 is 1.00 bits per heavy atom. The van der Waals surface area contributed by atoms with Crippen molar-refractivity contribution in [3.8, 4) is 11.1 Å². The first-order valence-corrected chi connectivity index (χ1v) is 6.93. The van der Waals surface area contributed by atoms with Gasteiger partial charge in [0.2, 0.25) is 0 Å². The van der Waals surface area contributed by atoms with Crippen LogP contribution in [-0.4, -0.2) is 6.54 Å². The zero-order valence-corrected chi connectivity index (χ0v) is 12.0. The highest BCUT2D eigenvalue weighted by Crippen LogP contribution is 2.32. The molecule has 21 heavy (non-hydrogen) atoms. The molecule has 0 saturated heterocycles. The van der Waals surface area contributed by atoms with E-state index in [-0.39, 0.29) is 6.04 Å². The van der Waals surface area contributed by atoms with Crippen LogP contribution < -0.4 is 5.32 Å². The Labute approximate surface area is 122 Å². The summed E-state index contributed by atoms with van der Waals surface area (Å²) in [5, 5.41) is 3.30. The van der Waals surface area contributed by atoms with Crippen molar-refractivity contribution >= 4 is 0 Å². The van der Waals surface area contributed by atoms with Crippen molar-refractivity contribution < 1.29 is 13.2 Å². The SMILES string of the molecule is CCNC(C)c1cccc(-c2cccc(C(F)(F)F)c2)c1. The van der Waals surface area contributed by atoms with Gasteiger partial charge in [-0.05, 0) is 48.4 Å². The maximum atomic E-state index is 12.8. The molecule has 2 rings (SSSR count). The van der Waals surface area contributed by atoms with E-state index in [2.05, 4.69) is 5.32 Å². The van der Waals surface area contributed by atoms with Crippen molar-refractivity contribution in [2.75, 3.05) is 6.54 Å². The van der Waals surface area contributed by atoms with Crippen molar-refractivity contribution in [3.05, 3.63) is 59.7 Å². The molecular formula is C17H18F3N. The summed E-state index contributed by atoms with van der Waals surface area (Å²) in [6, 6.07) is 13.2. The fourth-order valence-electron chi connectivity index (χ4n) is 2.29. The van der Waals surface area contributed by atoms with E-state index in [4.69, 9.17) is 0 Å². The van der Waals surface area contributed by atoms with Crippen molar-refractivity contribution in [3.63, 3.8) is 0 Å². The first kappa shape index (κ1) is 15.6. The van der Waals surface area contributed by atoms with Crippen LogP contribution in [0.25, 0.3) is 11.1 Å². The minimum atomic E-state index is -4.31. The number of rotatable bonds is 4. The lowest BCUT2D eigenvalue weighted by atomic mass is 9.98. The van der Waals surface area contributed by atoms with Crippen LogP contribution in [0.3, 0.4) is 0 Å². The number of hydrogen-bond donors (Lipinski definition) is 1. The topological polar surface area (TPSA) is 12.0 Å². The van der Waals surface area contributed by atoms with E-state index in [1.54, 1.807) is 6.07 Å². The van der Waals surface area contributed by atoms with Crippen LogP contribution in [0.2, 0.25) is 0 Å². The summed E-state index contributed by atoms with van der Waals surface area (Å²) in [5.41, 5.74) is 1.82. The Hall–Kier alpha value is -1.81. The highest BCUT2D eigenvalue weighted by molar-refractivity contribution is 5.65. The summed E-state index contributed by atoms with van der Waals surface area (Å²) >= 11 is 0. The molecule has 0 aliphatic heterocycles. The Morgan fingerprint density at radius 2 is 1.62 bits per heavy atom. The molecule has 4 heteroatoms. The molecule has 0 saturated carbocycles. The van der Waals surface area contributed by atoms with Gasteiger partial charge in [-0.15, -0.1) is 0 Å². The van der Waals surface area contributed by atoms with Crippen LogP contribution >= 0.6 is 0 Å². The van der Waals surface area contributed by atoms with Crippen molar-refractivity contribution in [2.24, 2.45) is 0 Å². The first-order chi connectivity index (χ1) is 9.91. The molecule has 1 unspecified atom stereocenters. The van der Waals surface area contributed by atoms with E-state index in [1.807, 2.05) is 38.1 Å². The third-order valence-electron chi connectivity index (χ3n) is 3.42. The molecule has 2 aromatic carbocycles. The largest absolute Gasteiger partial charge is 0.416 e. The maximum absolute atomic E-state index is 12.8. The van der Waals surface area contributed by atoms with Crippen LogP contribution in [0, 0.1) is 0 Å². The van der Waals surface area contributed by atoms with E-state index in [9.17, 15) is 13.2 Å². The van der Waals surface area contributed by atoms with Gasteiger partial charge in [-0.25, -0.2) is 0 Å². The molecule has 0 fully saturated rings. The van der Waals surface area contributed by atoms with Gasteiger partial charge in [-0.3, -0.25) is 0 Å². The molecule has 0 bridgehead atoms. The van der Waals surface area contributed by atoms with Crippen LogP contribution in [-0.2, 0) is 6.18 Å². The molecule has 1 atom stereocenters. The average molecular weight is 293 g/mol. The minimum Gasteiger partial charge on any atom is -0.310 e. The predicted octanol–water partition coefficient (Wildman–Crippen LogP) is 5.04. The maximum Gasteiger partial charge on any atom is 0.416 e. The molecule has 2 aromatic rings. The standard InChI is InChI=1S/C17H18F3N/c1-3-21-12(2)13-6-4-7-14(10-13)15-8-5-9-16(11-15)17(18,19)20/h4-12,21H,3H2,1-2H3. The monoisotopic (exact) mass is 293 g/mol. The summed E-state index contributed by atoms with van der Waals surface area (Å²) in [6.07, 6.45) is -4.31. The molecule has 0 aliphatic rings. The van der Waals surface area contributed by atoms with E-state index >= 15 is 0 Å². The number of alkyl halides is 3. The highest BCUT2D eigenvalue weighted by atomic mass is 19.4. The van der Waals surface area contributed by atoms with Crippen molar-refractivity contribution in [1.82, 2.24) is 5.32 Å². The molecule has 0 aromatic heterocycles. The van der Waals surface area contributed by atoms with Gasteiger partial charge < -0.3 is 5.32 Å². The predicted molar refractivity (Wildman–Crippen MR) is 79.0 cm³/mol. The second-order valence-electron chi connectivity index (χ2n) is 4.98. The molecule has 0 spiro atoms. The molecule has 0 aliphatic carbocycles. The molecule has 1 nitrogen and oxygen atoms in total. The third kappa shape index (κ3) is 3.85. The molecule has 0 heterocycles. The van der Waals surface area contributed by atoms with E-state index in [1.165, 1.54) is 12.1 Å². The fraction of sp³-hybridized carbons (Fsp3) is 0.294. The molecule has 0 amide bonds. The Balaban J connectivity index is 2.36. The van der Waals surface area contributed by atoms with Crippen LogP contribution in [0.4, 0.5) is 13.2 Å². The van der Waals surface area contributed by atoms with Crippen molar-refractivity contribution in [1.29, 1.82) is 0 Å². The van der Waals surface area contributed by atoms with Crippen LogP contribution in [0.15, 0.2) is 48.5 Å². The Kier molecular flexibility index (Phi) is 4.68. The van der Waals surface area contributed by atoms with E-state index < -0.39 is 11.7 Å². The number of nitrogens with one attached hydrogen (secondary N) is 1. The van der Waals surface area contributed by atoms with Gasteiger partial charge in [0.15, 0.2) is 0 Å². The summed E-state index contributed by atoms with van der Waals surface area (Å²) in [4.78, 5) is 0. The van der Waals surface area contributed by atoms with Gasteiger partial charge in [0, 0.05) is 6.04 Å².